The predicted octanol–water partition coefficient (Wildman–Crippen LogP) is 4.02. The van der Waals surface area contributed by atoms with Gasteiger partial charge in [-0.3, -0.25) is 9.59 Å². The van der Waals surface area contributed by atoms with Gasteiger partial charge in [-0.05, 0) is 86.0 Å². The molecule has 0 radical (unpaired) electrons. The van der Waals surface area contributed by atoms with Crippen LogP contribution in [0.4, 0.5) is 13.2 Å². The Labute approximate surface area is 244 Å². The summed E-state index contributed by atoms with van der Waals surface area (Å²) in [6, 6.07) is 11.7. The average Bonchev–Trinajstić information content (AvgIpc) is 3.47. The first-order valence-corrected chi connectivity index (χ1v) is 15.7. The molecule has 42 heavy (non-hydrogen) atoms. The Balaban J connectivity index is 1.40. The fourth-order valence-corrected chi connectivity index (χ4v) is 6.08. The average molecular weight is 607 g/mol. The molecule has 0 unspecified atom stereocenters. The van der Waals surface area contributed by atoms with Crippen LogP contribution in [-0.2, 0) is 27.5 Å². The van der Waals surface area contributed by atoms with Crippen LogP contribution in [0.25, 0.3) is 0 Å². The predicted molar refractivity (Wildman–Crippen MR) is 154 cm³/mol. The molecule has 2 aromatic carbocycles. The summed E-state index contributed by atoms with van der Waals surface area (Å²) in [6.07, 6.45) is -1.13. The van der Waals surface area contributed by atoms with Crippen LogP contribution in [0.1, 0.15) is 58.6 Å². The Morgan fingerprint density at radius 1 is 1.07 bits per heavy atom. The first-order valence-electron chi connectivity index (χ1n) is 14.1. The van der Waals surface area contributed by atoms with E-state index in [0.717, 1.165) is 49.0 Å². The van der Waals surface area contributed by atoms with Crippen LogP contribution in [0.5, 0.6) is 0 Å². The van der Waals surface area contributed by atoms with E-state index in [4.69, 9.17) is 0 Å². The summed E-state index contributed by atoms with van der Waals surface area (Å²) in [5, 5.41) is 7.12. The van der Waals surface area contributed by atoms with Crippen molar-refractivity contribution >= 4 is 21.8 Å². The Hall–Kier alpha value is -3.22. The van der Waals surface area contributed by atoms with Crippen molar-refractivity contribution in [1.29, 1.82) is 0 Å². The maximum absolute atomic E-state index is 13.4. The number of alkyl halides is 3. The molecule has 228 valence electrons. The van der Waals surface area contributed by atoms with E-state index in [0.29, 0.717) is 43.0 Å². The molecule has 0 aromatic heterocycles. The Bertz CT molecular complexity index is 1340. The van der Waals surface area contributed by atoms with Crippen LogP contribution in [-0.4, -0.2) is 57.9 Å². The highest BCUT2D eigenvalue weighted by atomic mass is 32.2. The lowest BCUT2D eigenvalue weighted by molar-refractivity contribution is -0.137. The molecule has 2 aliphatic rings. The highest BCUT2D eigenvalue weighted by molar-refractivity contribution is 7.92. The van der Waals surface area contributed by atoms with Gasteiger partial charge in [-0.25, -0.2) is 13.1 Å². The number of likely N-dealkylation sites (tertiary alicyclic amines) is 1. The molecule has 0 spiro atoms. The van der Waals surface area contributed by atoms with Crippen LogP contribution in [0.15, 0.2) is 60.5 Å². The van der Waals surface area contributed by atoms with Gasteiger partial charge in [0.05, 0.1) is 11.5 Å². The summed E-state index contributed by atoms with van der Waals surface area (Å²) in [5.74, 6) is -0.561. The van der Waals surface area contributed by atoms with Crippen molar-refractivity contribution in [3.05, 3.63) is 82.8 Å². The fraction of sp³-hybridized carbons (Fsp3) is 0.467. The van der Waals surface area contributed by atoms with E-state index in [1.165, 1.54) is 12.1 Å². The molecular weight excluding hydrogens is 569 g/mol. The minimum Gasteiger partial charge on any atom is -0.351 e. The Morgan fingerprint density at radius 3 is 2.40 bits per heavy atom. The number of rotatable bonds is 11. The quantitative estimate of drug-likeness (QED) is 0.358. The van der Waals surface area contributed by atoms with Gasteiger partial charge < -0.3 is 15.5 Å². The van der Waals surface area contributed by atoms with E-state index in [-0.39, 0.29) is 30.8 Å². The SMILES string of the molecule is C=CS(=O)(=O)NC[C@H]1CCN(C(=O)c2ccc([C@H](C[C@@H]3CCCNC3)C(=O)NCc3ccc(C(F)(F)F)cc3)cc2)C1. The number of benzene rings is 2. The van der Waals surface area contributed by atoms with E-state index >= 15 is 0 Å². The van der Waals surface area contributed by atoms with E-state index in [9.17, 15) is 31.2 Å². The van der Waals surface area contributed by atoms with E-state index in [1.807, 2.05) is 0 Å². The maximum atomic E-state index is 13.4. The number of piperidine rings is 1. The zero-order valence-corrected chi connectivity index (χ0v) is 24.1. The lowest BCUT2D eigenvalue weighted by Crippen LogP contribution is -2.35. The second-order valence-electron chi connectivity index (χ2n) is 11.0. The van der Waals surface area contributed by atoms with Crippen molar-refractivity contribution in [2.75, 3.05) is 32.7 Å². The number of halogens is 3. The number of nitrogens with zero attached hydrogens (tertiary/aromatic N) is 1. The van der Waals surface area contributed by atoms with Gasteiger partial charge in [0.2, 0.25) is 15.9 Å². The third-order valence-corrected chi connectivity index (χ3v) is 8.97. The summed E-state index contributed by atoms with van der Waals surface area (Å²) in [6.45, 7) is 6.31. The molecule has 0 saturated carbocycles. The minimum absolute atomic E-state index is 0.00444. The van der Waals surface area contributed by atoms with Crippen LogP contribution in [0, 0.1) is 11.8 Å². The first kappa shape index (κ1) is 31.7. The number of hydrogen-bond acceptors (Lipinski definition) is 5. The van der Waals surface area contributed by atoms with Crippen LogP contribution in [0.3, 0.4) is 0 Å². The monoisotopic (exact) mass is 606 g/mol. The number of carbonyl (C=O) groups excluding carboxylic acids is 2. The van der Waals surface area contributed by atoms with Crippen LogP contribution < -0.4 is 15.4 Å². The number of hydrogen-bond donors (Lipinski definition) is 3. The lowest BCUT2D eigenvalue weighted by Gasteiger charge is -2.27. The third-order valence-electron chi connectivity index (χ3n) is 7.96. The van der Waals surface area contributed by atoms with Gasteiger partial charge in [0, 0.05) is 37.2 Å². The molecule has 3 atom stereocenters. The normalized spacial score (nSPS) is 20.2. The Kier molecular flexibility index (Phi) is 10.4. The standard InChI is InChI=1S/C30H37F3N4O4S/c1-2-42(40,41)36-19-23-13-15-37(20-23)29(39)25-9-7-24(8-10-25)27(16-22-4-3-14-34-17-22)28(38)35-18-21-5-11-26(12-6-21)30(31,32)33/h2,5-12,22-23,27,34,36H,1,3-4,13-20H2,(H,35,38)/t22-,23+,27-/m0/s1. The second kappa shape index (κ2) is 13.8. The van der Waals surface area contributed by atoms with Crippen molar-refractivity contribution in [2.45, 2.75) is 44.3 Å². The third kappa shape index (κ3) is 8.65. The smallest absolute Gasteiger partial charge is 0.351 e. The number of carbonyl (C=O) groups is 2. The van der Waals surface area contributed by atoms with Crippen LogP contribution in [0.2, 0.25) is 0 Å². The number of amides is 2. The van der Waals surface area contributed by atoms with Gasteiger partial charge in [0.25, 0.3) is 5.91 Å². The van der Waals surface area contributed by atoms with Gasteiger partial charge in [0.1, 0.15) is 0 Å². The van der Waals surface area contributed by atoms with Gasteiger partial charge in [-0.1, -0.05) is 30.8 Å². The van der Waals surface area contributed by atoms with Crippen molar-refractivity contribution in [3.8, 4) is 0 Å². The minimum atomic E-state index is -4.42. The van der Waals surface area contributed by atoms with E-state index in [2.05, 4.69) is 21.9 Å². The lowest BCUT2D eigenvalue weighted by atomic mass is 9.84. The van der Waals surface area contributed by atoms with E-state index < -0.39 is 27.7 Å². The summed E-state index contributed by atoms with van der Waals surface area (Å²) in [5.41, 5.74) is 1.07. The van der Waals surface area contributed by atoms with Crippen LogP contribution >= 0.6 is 0 Å². The highest BCUT2D eigenvalue weighted by Gasteiger charge is 2.31. The summed E-state index contributed by atoms with van der Waals surface area (Å²) >= 11 is 0. The summed E-state index contributed by atoms with van der Waals surface area (Å²) in [4.78, 5) is 28.2. The topological polar surface area (TPSA) is 108 Å². The molecule has 2 fully saturated rings. The molecule has 2 aromatic rings. The van der Waals surface area contributed by atoms with Gasteiger partial charge >= 0.3 is 6.18 Å². The summed E-state index contributed by atoms with van der Waals surface area (Å²) in [7, 11) is -3.52. The van der Waals surface area contributed by atoms with Crippen molar-refractivity contribution in [2.24, 2.45) is 11.8 Å². The van der Waals surface area contributed by atoms with Crippen molar-refractivity contribution in [1.82, 2.24) is 20.3 Å². The van der Waals surface area contributed by atoms with Gasteiger partial charge in [0.15, 0.2) is 0 Å². The zero-order chi connectivity index (χ0) is 30.3. The molecular formula is C30H37F3N4O4S. The molecule has 2 saturated heterocycles. The fourth-order valence-electron chi connectivity index (χ4n) is 5.49. The molecule has 12 heteroatoms. The second-order valence-corrected chi connectivity index (χ2v) is 12.7. The molecule has 2 amide bonds. The zero-order valence-electron chi connectivity index (χ0n) is 23.3. The summed E-state index contributed by atoms with van der Waals surface area (Å²) < 4.78 is 64.4. The molecule has 0 bridgehead atoms. The largest absolute Gasteiger partial charge is 0.416 e. The molecule has 0 aliphatic carbocycles. The first-order chi connectivity index (χ1) is 19.9. The van der Waals surface area contributed by atoms with Crippen molar-refractivity contribution < 1.29 is 31.2 Å². The van der Waals surface area contributed by atoms with Gasteiger partial charge in [-0.2, -0.15) is 13.2 Å². The molecule has 2 aliphatic heterocycles. The molecule has 4 rings (SSSR count). The molecule has 2 heterocycles. The van der Waals surface area contributed by atoms with Gasteiger partial charge in [-0.15, -0.1) is 0 Å². The van der Waals surface area contributed by atoms with Crippen molar-refractivity contribution in [3.63, 3.8) is 0 Å². The Morgan fingerprint density at radius 2 is 1.79 bits per heavy atom. The maximum Gasteiger partial charge on any atom is 0.416 e. The number of sulfonamides is 1. The molecule has 3 N–H and O–H groups in total. The van der Waals surface area contributed by atoms with E-state index in [1.54, 1.807) is 29.2 Å². The highest BCUT2D eigenvalue weighted by Crippen LogP contribution is 2.30. The number of nitrogens with one attached hydrogen (secondary N) is 3. The molecule has 8 nitrogen and oxygen atoms in total.